The molecule has 4 nitrogen and oxygen atoms in total. The maximum absolute atomic E-state index is 11.4. The largest absolute Gasteiger partial charge is 0.481 e. The summed E-state index contributed by atoms with van der Waals surface area (Å²) in [6, 6.07) is 3.44. The smallest absolute Gasteiger partial charge is 0.305 e. The molecule has 84 valence electrons. The molecule has 0 saturated heterocycles. The lowest BCUT2D eigenvalue weighted by Crippen LogP contribution is -2.22. The van der Waals surface area contributed by atoms with Crippen molar-refractivity contribution in [1.29, 1.82) is 0 Å². The minimum Gasteiger partial charge on any atom is -0.481 e. The summed E-state index contributed by atoms with van der Waals surface area (Å²) < 4.78 is 1.41. The molecule has 1 aromatic heterocycles. The van der Waals surface area contributed by atoms with Gasteiger partial charge in [-0.15, -0.1) is 0 Å². The van der Waals surface area contributed by atoms with E-state index in [-0.39, 0.29) is 18.5 Å². The minimum absolute atomic E-state index is 0.0244. The van der Waals surface area contributed by atoms with Crippen molar-refractivity contribution in [1.82, 2.24) is 4.57 Å². The third-order valence-corrected chi connectivity index (χ3v) is 1.78. The maximum atomic E-state index is 11.4. The summed E-state index contributed by atoms with van der Waals surface area (Å²) in [7, 11) is 0. The molecule has 0 radical (unpaired) electrons. The van der Waals surface area contributed by atoms with Crippen LogP contribution < -0.4 is 5.56 Å². The third-order valence-electron chi connectivity index (χ3n) is 1.78. The maximum Gasteiger partial charge on any atom is 0.305 e. The molecular formula is C11H17NO3. The average molecular weight is 211 g/mol. The molecule has 0 aliphatic heterocycles. The van der Waals surface area contributed by atoms with Gasteiger partial charge in [0.1, 0.15) is 0 Å². The number of hydrogen-bond acceptors (Lipinski definition) is 2. The molecule has 0 spiro atoms. The number of carbonyl (C=O) groups is 1. The molecule has 1 rings (SSSR count). The Bertz CT molecular complexity index is 368. The van der Waals surface area contributed by atoms with Crippen molar-refractivity contribution in [3.63, 3.8) is 0 Å². The molecule has 15 heavy (non-hydrogen) atoms. The summed E-state index contributed by atoms with van der Waals surface area (Å²) >= 11 is 0. The van der Waals surface area contributed by atoms with E-state index < -0.39 is 5.97 Å². The monoisotopic (exact) mass is 211 g/mol. The Morgan fingerprint density at radius 2 is 2.07 bits per heavy atom. The van der Waals surface area contributed by atoms with Crippen LogP contribution in [-0.4, -0.2) is 15.6 Å². The fourth-order valence-electron chi connectivity index (χ4n) is 1.05. The van der Waals surface area contributed by atoms with Crippen LogP contribution in [0.1, 0.15) is 25.8 Å². The molecule has 0 aliphatic rings. The van der Waals surface area contributed by atoms with Gasteiger partial charge in [-0.1, -0.05) is 19.9 Å². The predicted octanol–water partition coefficient (Wildman–Crippen LogP) is 1.66. The Hall–Kier alpha value is -1.58. The van der Waals surface area contributed by atoms with Crippen molar-refractivity contribution in [3.8, 4) is 0 Å². The third kappa shape index (κ3) is 4.44. The van der Waals surface area contributed by atoms with Gasteiger partial charge in [-0.25, -0.2) is 0 Å². The molecule has 0 unspecified atom stereocenters. The molecule has 4 heteroatoms. The van der Waals surface area contributed by atoms with Crippen molar-refractivity contribution < 1.29 is 9.90 Å². The summed E-state index contributed by atoms with van der Waals surface area (Å²) in [5, 5.41) is 8.42. The van der Waals surface area contributed by atoms with Crippen LogP contribution >= 0.6 is 0 Å². The zero-order chi connectivity index (χ0) is 11.8. The van der Waals surface area contributed by atoms with Gasteiger partial charge in [0.2, 0.25) is 0 Å². The summed E-state index contributed by atoms with van der Waals surface area (Å²) in [5.41, 5.74) is 0.511. The molecule has 0 fully saturated rings. The highest BCUT2D eigenvalue weighted by molar-refractivity contribution is 5.66. The molecule has 0 aromatic carbocycles. The Morgan fingerprint density at radius 3 is 2.60 bits per heavy atom. The van der Waals surface area contributed by atoms with Crippen LogP contribution in [-0.2, 0) is 11.3 Å². The van der Waals surface area contributed by atoms with Crippen LogP contribution in [0, 0.1) is 6.92 Å². The first-order chi connectivity index (χ1) is 7.11. The molecular weight excluding hydrogens is 194 g/mol. The number of carboxylic acid groups (broad SMARTS) is 1. The van der Waals surface area contributed by atoms with E-state index in [0.717, 1.165) is 0 Å². The van der Waals surface area contributed by atoms with Gasteiger partial charge >= 0.3 is 5.97 Å². The van der Waals surface area contributed by atoms with E-state index in [9.17, 15) is 9.59 Å². The highest BCUT2D eigenvalue weighted by Gasteiger charge is 2.00. The van der Waals surface area contributed by atoms with Crippen molar-refractivity contribution in [3.05, 3.63) is 34.2 Å². The number of carboxylic acids is 1. The first-order valence-electron chi connectivity index (χ1n) is 4.99. The molecule has 0 amide bonds. The van der Waals surface area contributed by atoms with Crippen LogP contribution in [0.25, 0.3) is 0 Å². The number of pyridine rings is 1. The van der Waals surface area contributed by atoms with Crippen molar-refractivity contribution in [2.45, 2.75) is 33.7 Å². The Kier molecular flexibility index (Phi) is 6.09. The van der Waals surface area contributed by atoms with Gasteiger partial charge in [0.15, 0.2) is 0 Å². The fraction of sp³-hybridized carbons (Fsp3) is 0.455. The Morgan fingerprint density at radius 1 is 1.47 bits per heavy atom. The first-order valence-corrected chi connectivity index (χ1v) is 4.99. The molecule has 1 aromatic rings. The number of hydrogen-bond donors (Lipinski definition) is 1. The minimum atomic E-state index is -0.895. The van der Waals surface area contributed by atoms with Crippen molar-refractivity contribution in [2.75, 3.05) is 0 Å². The predicted molar refractivity (Wildman–Crippen MR) is 59.0 cm³/mol. The number of aliphatic carboxylic acids is 1. The van der Waals surface area contributed by atoms with Gasteiger partial charge in [-0.3, -0.25) is 9.59 Å². The Balaban J connectivity index is 0.000000921. The number of aromatic nitrogens is 1. The first kappa shape index (κ1) is 13.4. The van der Waals surface area contributed by atoms with E-state index in [1.807, 2.05) is 13.8 Å². The molecule has 0 bridgehead atoms. The summed E-state index contributed by atoms with van der Waals surface area (Å²) in [6.45, 7) is 5.94. The zero-order valence-corrected chi connectivity index (χ0v) is 9.36. The lowest BCUT2D eigenvalue weighted by molar-refractivity contribution is -0.137. The van der Waals surface area contributed by atoms with Crippen LogP contribution in [0.3, 0.4) is 0 Å². The lowest BCUT2D eigenvalue weighted by Gasteiger charge is -2.03. The summed E-state index contributed by atoms with van der Waals surface area (Å²) in [6.07, 6.45) is 1.57. The van der Waals surface area contributed by atoms with Gasteiger partial charge in [-0.2, -0.15) is 0 Å². The van der Waals surface area contributed by atoms with Crippen LogP contribution in [0.4, 0.5) is 0 Å². The van der Waals surface area contributed by atoms with E-state index in [2.05, 4.69) is 0 Å². The lowest BCUT2D eigenvalue weighted by atomic mass is 10.3. The molecule has 0 saturated carbocycles. The number of rotatable bonds is 3. The quantitative estimate of drug-likeness (QED) is 0.827. The standard InChI is InChI=1S/C9H11NO3.C2H6/c1-7-3-2-5-10(9(7)13)6-4-8(11)12;1-2/h2-3,5H,4,6H2,1H3,(H,11,12);1-2H3. The van der Waals surface area contributed by atoms with E-state index >= 15 is 0 Å². The normalized spacial score (nSPS) is 9.00. The van der Waals surface area contributed by atoms with Crippen LogP contribution in [0.15, 0.2) is 23.1 Å². The average Bonchev–Trinajstić information content (AvgIpc) is 2.23. The molecule has 1 heterocycles. The molecule has 0 aliphatic carbocycles. The summed E-state index contributed by atoms with van der Waals surface area (Å²) in [4.78, 5) is 21.6. The van der Waals surface area contributed by atoms with Crippen molar-refractivity contribution >= 4 is 5.97 Å². The van der Waals surface area contributed by atoms with E-state index in [4.69, 9.17) is 5.11 Å². The van der Waals surface area contributed by atoms with Crippen LogP contribution in [0.2, 0.25) is 0 Å². The highest BCUT2D eigenvalue weighted by Crippen LogP contribution is 1.91. The number of aryl methyl sites for hydroxylation is 2. The van der Waals surface area contributed by atoms with Gasteiger partial charge in [0.25, 0.3) is 5.56 Å². The number of nitrogens with zero attached hydrogens (tertiary/aromatic N) is 1. The second-order valence-electron chi connectivity index (χ2n) is 2.83. The Labute approximate surface area is 89.2 Å². The summed E-state index contributed by atoms with van der Waals surface area (Å²) in [5.74, 6) is -0.895. The van der Waals surface area contributed by atoms with Gasteiger partial charge < -0.3 is 9.67 Å². The van der Waals surface area contributed by atoms with E-state index in [1.54, 1.807) is 25.3 Å². The molecule has 0 atom stereocenters. The highest BCUT2D eigenvalue weighted by atomic mass is 16.4. The van der Waals surface area contributed by atoms with Crippen LogP contribution in [0.5, 0.6) is 0 Å². The van der Waals surface area contributed by atoms with Crippen molar-refractivity contribution in [2.24, 2.45) is 0 Å². The van der Waals surface area contributed by atoms with E-state index in [0.29, 0.717) is 5.56 Å². The fourth-order valence-corrected chi connectivity index (χ4v) is 1.05. The molecule has 1 N–H and O–H groups in total. The zero-order valence-electron chi connectivity index (χ0n) is 9.36. The van der Waals surface area contributed by atoms with E-state index in [1.165, 1.54) is 4.57 Å². The van der Waals surface area contributed by atoms with Gasteiger partial charge in [-0.05, 0) is 13.0 Å². The second-order valence-corrected chi connectivity index (χ2v) is 2.83. The van der Waals surface area contributed by atoms with Gasteiger partial charge in [0.05, 0.1) is 6.42 Å². The van der Waals surface area contributed by atoms with Gasteiger partial charge in [0, 0.05) is 18.3 Å². The topological polar surface area (TPSA) is 59.3 Å². The SMILES string of the molecule is CC.Cc1cccn(CCC(=O)O)c1=O. The second kappa shape index (κ2) is 6.81.